The van der Waals surface area contributed by atoms with Gasteiger partial charge in [0.05, 0.1) is 28.9 Å². The van der Waals surface area contributed by atoms with E-state index < -0.39 is 37.0 Å². The molecule has 38 heavy (non-hydrogen) atoms. The summed E-state index contributed by atoms with van der Waals surface area (Å²) in [6, 6.07) is 10.7. The summed E-state index contributed by atoms with van der Waals surface area (Å²) in [5.74, 6) is -0.434. The maximum atomic E-state index is 13.9. The second-order valence-electron chi connectivity index (χ2n) is 9.16. The molecule has 0 radical (unpaired) electrons. The van der Waals surface area contributed by atoms with Crippen LogP contribution in [-0.4, -0.2) is 26.1 Å². The van der Waals surface area contributed by atoms with E-state index in [0.29, 0.717) is 0 Å². The molecule has 0 unspecified atom stereocenters. The van der Waals surface area contributed by atoms with Gasteiger partial charge in [0.2, 0.25) is 0 Å². The Hall–Kier alpha value is -3.96. The van der Waals surface area contributed by atoms with Gasteiger partial charge in [-0.3, -0.25) is 24.6 Å². The second kappa shape index (κ2) is 10.1. The number of nitrogens with zero attached hydrogens (tertiary/aromatic N) is 2. The summed E-state index contributed by atoms with van der Waals surface area (Å²) in [6.07, 6.45) is 4.43. The lowest BCUT2D eigenvalue weighted by Crippen LogP contribution is -2.34. The quantitative estimate of drug-likeness (QED) is 0.295. The van der Waals surface area contributed by atoms with Gasteiger partial charge in [0.15, 0.2) is 10.9 Å². The molecule has 11 heteroatoms. The Balaban J connectivity index is 1.98. The first-order chi connectivity index (χ1) is 18.2. The van der Waals surface area contributed by atoms with Crippen LogP contribution >= 0.6 is 0 Å². The summed E-state index contributed by atoms with van der Waals surface area (Å²) in [7, 11) is -3.59. The Morgan fingerprint density at radius 3 is 2.26 bits per heavy atom. The Bertz CT molecular complexity index is 1960. The van der Waals surface area contributed by atoms with Crippen LogP contribution in [0.3, 0.4) is 0 Å². The number of benzene rings is 2. The minimum absolute atomic E-state index is 0.00895. The Kier molecular flexibility index (Phi) is 6.80. The van der Waals surface area contributed by atoms with Crippen LogP contribution in [0.1, 0.15) is 32.1 Å². The number of hydrogen-bond donors (Lipinski definition) is 2. The van der Waals surface area contributed by atoms with Crippen LogP contribution in [0.15, 0.2) is 73.1 Å². The number of anilines is 1. The van der Waals surface area contributed by atoms with Crippen molar-refractivity contribution < 1.29 is 22.1 Å². The molecular weight excluding hydrogens is 513 g/mol. The first-order valence-corrected chi connectivity index (χ1v) is 13.5. The average molecular weight is 538 g/mol. The third kappa shape index (κ3) is 4.70. The van der Waals surface area contributed by atoms with Crippen LogP contribution in [0, 0.1) is 16.3 Å². The zero-order valence-electron chi connectivity index (χ0n) is 20.4. The molecule has 1 saturated carbocycles. The summed E-state index contributed by atoms with van der Waals surface area (Å²) in [6.45, 7) is 0. The normalized spacial score (nSPS) is 15.9. The lowest BCUT2D eigenvalue weighted by atomic mass is 9.96. The minimum Gasteiger partial charge on any atom is -0.495 e. The van der Waals surface area contributed by atoms with Gasteiger partial charge >= 0.3 is 0 Å². The van der Waals surface area contributed by atoms with Gasteiger partial charge in [-0.1, -0.05) is 43.5 Å². The van der Waals surface area contributed by atoms with Crippen LogP contribution < -0.4 is 31.7 Å². The van der Waals surface area contributed by atoms with Crippen LogP contribution in [0.4, 0.5) is 10.1 Å². The molecule has 0 heterocycles. The molecule has 2 N–H and O–H groups in total. The highest BCUT2D eigenvalue weighted by molar-refractivity contribution is 7.85. The maximum absolute atomic E-state index is 13.9. The zero-order valence-corrected chi connectivity index (χ0v) is 21.2. The van der Waals surface area contributed by atoms with Gasteiger partial charge in [-0.2, -0.15) is 13.5 Å². The summed E-state index contributed by atoms with van der Waals surface area (Å²) in [5.41, 5.74) is 1.42. The fraction of sp³-hybridized carbons (Fsp3) is 0.259. The van der Waals surface area contributed by atoms with E-state index in [4.69, 9.17) is 4.74 Å². The van der Waals surface area contributed by atoms with Crippen molar-refractivity contribution in [3.8, 4) is 5.75 Å². The summed E-state index contributed by atoms with van der Waals surface area (Å²) in [4.78, 5) is 31.4. The van der Waals surface area contributed by atoms with Gasteiger partial charge in [-0.05, 0) is 31.0 Å². The van der Waals surface area contributed by atoms with Gasteiger partial charge in [-0.25, -0.2) is 4.39 Å². The summed E-state index contributed by atoms with van der Waals surface area (Å²) in [5, 5.41) is 3.47. The molecule has 0 bridgehead atoms. The number of halogens is 1. The largest absolute Gasteiger partial charge is 0.495 e. The van der Waals surface area contributed by atoms with Crippen molar-refractivity contribution in [2.75, 3.05) is 12.5 Å². The Morgan fingerprint density at radius 2 is 1.63 bits per heavy atom. The van der Waals surface area contributed by atoms with Crippen LogP contribution in [0.5, 0.6) is 5.75 Å². The van der Waals surface area contributed by atoms with Crippen molar-refractivity contribution in [2.24, 2.45) is 10.1 Å². The molecule has 2 aromatic carbocycles. The van der Waals surface area contributed by atoms with Crippen LogP contribution in [0.25, 0.3) is 10.8 Å². The highest BCUT2D eigenvalue weighted by atomic mass is 32.2. The lowest BCUT2D eigenvalue weighted by molar-refractivity contribution is 0.415. The van der Waals surface area contributed by atoms with E-state index in [9.17, 15) is 27.0 Å². The third-order valence-corrected chi connectivity index (χ3v) is 7.61. The molecule has 0 aliphatic heterocycles. The van der Waals surface area contributed by atoms with E-state index in [1.54, 1.807) is 12.1 Å². The fourth-order valence-corrected chi connectivity index (χ4v) is 5.59. The lowest BCUT2D eigenvalue weighted by Gasteiger charge is -2.17. The number of methoxy groups -OCH3 is 1. The smallest absolute Gasteiger partial charge is 0.296 e. The molecule has 3 aliphatic rings. The van der Waals surface area contributed by atoms with Crippen LogP contribution in [0.2, 0.25) is 0 Å². The van der Waals surface area contributed by atoms with Gasteiger partial charge in [-0.15, -0.1) is 0 Å². The zero-order chi connectivity index (χ0) is 27.0. The van der Waals surface area contributed by atoms with Crippen molar-refractivity contribution in [3.63, 3.8) is 0 Å². The molecule has 3 aliphatic carbocycles. The molecule has 0 spiro atoms. The fourth-order valence-electron chi connectivity index (χ4n) is 4.93. The Morgan fingerprint density at radius 1 is 0.974 bits per heavy atom. The number of rotatable bonds is 5. The topological polar surface area (TPSA) is 134 Å². The monoisotopic (exact) mass is 537 g/mol. The summed E-state index contributed by atoms with van der Waals surface area (Å²) < 4.78 is 54.4. The van der Waals surface area contributed by atoms with Crippen molar-refractivity contribution in [2.45, 2.75) is 43.0 Å². The summed E-state index contributed by atoms with van der Waals surface area (Å²) >= 11 is 0. The molecule has 0 saturated heterocycles. The predicted molar refractivity (Wildman–Crippen MR) is 139 cm³/mol. The van der Waals surface area contributed by atoms with Crippen LogP contribution in [-0.2, 0) is 10.1 Å². The molecule has 9 nitrogen and oxygen atoms in total. The molecule has 5 rings (SSSR count). The van der Waals surface area contributed by atoms with Crippen molar-refractivity contribution >= 4 is 26.6 Å². The van der Waals surface area contributed by atoms with Crippen molar-refractivity contribution in [3.05, 3.63) is 95.9 Å². The second-order valence-corrected chi connectivity index (χ2v) is 10.6. The first-order valence-electron chi connectivity index (χ1n) is 12.1. The van der Waals surface area contributed by atoms with Gasteiger partial charge < -0.3 is 4.74 Å². The van der Waals surface area contributed by atoms with Crippen molar-refractivity contribution in [1.82, 2.24) is 0 Å². The molecular formula is C27H24FN3O6S. The van der Waals surface area contributed by atoms with Gasteiger partial charge in [0, 0.05) is 16.8 Å². The van der Waals surface area contributed by atoms with Gasteiger partial charge in [0.1, 0.15) is 27.5 Å². The van der Waals surface area contributed by atoms with E-state index in [2.05, 4.69) is 15.5 Å². The number of hydrogen-bond acceptors (Lipinski definition) is 8. The minimum atomic E-state index is -4.94. The van der Waals surface area contributed by atoms with E-state index in [1.807, 2.05) is 0 Å². The van der Waals surface area contributed by atoms with Gasteiger partial charge in [0.25, 0.3) is 10.1 Å². The molecule has 1 fully saturated rings. The number of ether oxygens (including phenoxy) is 1. The molecule has 0 atom stereocenters. The van der Waals surface area contributed by atoms with E-state index >= 15 is 0 Å². The first kappa shape index (κ1) is 25.7. The molecule has 196 valence electrons. The Labute approximate surface area is 216 Å². The SMILES string of the molecule is COc1ccc(F)cc1N/N=c1\c(S(=O)(=O)O)cc(=NC2CCCCC2)c2c(=O)c3ccccc3c(=O)c1=2. The predicted octanol–water partition coefficient (Wildman–Crippen LogP) is 2.72. The molecule has 0 amide bonds. The molecule has 2 aromatic rings. The number of fused-ring (bicyclic) bond motifs is 1. The highest BCUT2D eigenvalue weighted by Gasteiger charge is 2.21. The van der Waals surface area contributed by atoms with E-state index in [1.165, 1.54) is 25.3 Å². The van der Waals surface area contributed by atoms with Crippen molar-refractivity contribution in [1.29, 1.82) is 0 Å². The third-order valence-electron chi connectivity index (χ3n) is 6.74. The number of nitrogens with one attached hydrogen (secondary N) is 1. The highest BCUT2D eigenvalue weighted by Crippen LogP contribution is 2.24. The maximum Gasteiger partial charge on any atom is 0.296 e. The van der Waals surface area contributed by atoms with E-state index in [-0.39, 0.29) is 44.0 Å². The average Bonchev–Trinajstić information content (AvgIpc) is 2.90. The standard InChI is InChI=1S/C27H24FN3O6S/c1-37-21-12-11-15(28)13-19(21)30-31-25-22(38(34,35)36)14-20(29-16-7-3-2-4-8-16)23-24(25)27(33)18-10-6-5-9-17(18)26(23)32/h5-6,9-14,16,30H,2-4,7-8H2,1H3,(H,34,35,36)/b29-20?,31-25+. The molecule has 0 aromatic heterocycles. The van der Waals surface area contributed by atoms with E-state index in [0.717, 1.165) is 50.3 Å².